The van der Waals surface area contributed by atoms with Crippen molar-refractivity contribution in [2.45, 2.75) is 3.55 Å². The van der Waals surface area contributed by atoms with Crippen molar-refractivity contribution in [3.8, 4) is 0 Å². The number of hydrogen-bond donors (Lipinski definition) is 3. The molecule has 2 rings (SSSR count). The summed E-state index contributed by atoms with van der Waals surface area (Å²) < 4.78 is -1.01. The zero-order valence-electron chi connectivity index (χ0n) is 12.1. The number of carbonyl (C=O) groups is 1. The second kappa shape index (κ2) is 8.48. The van der Waals surface area contributed by atoms with Crippen LogP contribution in [-0.4, -0.2) is 34.1 Å². The number of halogens is 4. The molecule has 24 heavy (non-hydrogen) atoms. The second-order valence-electron chi connectivity index (χ2n) is 4.71. The summed E-state index contributed by atoms with van der Waals surface area (Å²) in [5, 5.41) is 16.0. The van der Waals surface area contributed by atoms with Crippen LogP contribution in [0.4, 0.5) is 5.82 Å². The fraction of sp³-hybridized carbons (Fsp3) is 0.214. The molecular weight excluding hydrogens is 489 g/mol. The van der Waals surface area contributed by atoms with Crippen molar-refractivity contribution in [3.05, 3.63) is 51.4 Å². The van der Waals surface area contributed by atoms with E-state index in [0.29, 0.717) is 10.6 Å². The molecule has 1 atom stereocenters. The zero-order chi connectivity index (χ0) is 17.7. The fourth-order valence-electron chi connectivity index (χ4n) is 1.84. The molecule has 0 bridgehead atoms. The molecule has 10 heteroatoms. The van der Waals surface area contributed by atoms with Crippen molar-refractivity contribution in [1.82, 2.24) is 15.3 Å². The summed E-state index contributed by atoms with van der Waals surface area (Å²) in [7, 11) is 0. The van der Waals surface area contributed by atoms with Crippen molar-refractivity contribution in [1.29, 1.82) is 0 Å². The Balaban J connectivity index is 2.05. The minimum atomic E-state index is -1.01. The molecule has 1 heterocycles. The lowest BCUT2D eigenvalue weighted by atomic mass is 10.1. The molecule has 0 saturated carbocycles. The maximum atomic E-state index is 12.2. The van der Waals surface area contributed by atoms with Gasteiger partial charge >= 0.3 is 0 Å². The third-order valence-electron chi connectivity index (χ3n) is 2.97. The Labute approximate surface area is 167 Å². The van der Waals surface area contributed by atoms with Crippen LogP contribution >= 0.6 is 57.4 Å². The molecule has 0 spiro atoms. The molecule has 0 saturated heterocycles. The number of aliphatic hydroxyl groups is 1. The summed E-state index contributed by atoms with van der Waals surface area (Å²) in [6.07, 6.45) is 1.33. The molecule has 128 valence electrons. The lowest BCUT2D eigenvalue weighted by Crippen LogP contribution is -2.46. The van der Waals surface area contributed by atoms with Crippen LogP contribution in [0.15, 0.2) is 30.5 Å². The van der Waals surface area contributed by atoms with Gasteiger partial charge in [0.2, 0.25) is 11.2 Å². The molecule has 0 aliphatic rings. The van der Waals surface area contributed by atoms with Gasteiger partial charge in [-0.3, -0.25) is 4.79 Å². The fourth-order valence-corrected chi connectivity index (χ4v) is 2.95. The highest BCUT2D eigenvalue weighted by atomic mass is 127. The van der Waals surface area contributed by atoms with Crippen LogP contribution in [0.5, 0.6) is 0 Å². The number of rotatable bonds is 6. The number of benzene rings is 1. The standard InChI is InChI=1S/C14H12Cl3IN4O2/c15-9-3-1-2-8(4-9)14(18,7-23)22-11(24)6-19-12-10(16)5-20-13(17)21-12/h1-5,23H,6-7H2,(H,22,24)(H,19,20,21). The van der Waals surface area contributed by atoms with Crippen LogP contribution in [-0.2, 0) is 8.34 Å². The Morgan fingerprint density at radius 1 is 1.33 bits per heavy atom. The van der Waals surface area contributed by atoms with E-state index in [-0.39, 0.29) is 35.2 Å². The number of hydrogen-bond acceptors (Lipinski definition) is 5. The first-order valence-electron chi connectivity index (χ1n) is 6.63. The van der Waals surface area contributed by atoms with E-state index in [1.54, 1.807) is 24.3 Å². The molecule has 0 radical (unpaired) electrons. The Morgan fingerprint density at radius 2 is 2.08 bits per heavy atom. The molecule has 0 fully saturated rings. The highest BCUT2D eigenvalue weighted by molar-refractivity contribution is 14.1. The van der Waals surface area contributed by atoms with Crippen molar-refractivity contribution < 1.29 is 9.90 Å². The maximum absolute atomic E-state index is 12.2. The van der Waals surface area contributed by atoms with Crippen LogP contribution in [0.2, 0.25) is 15.3 Å². The van der Waals surface area contributed by atoms with Gasteiger partial charge in [0.25, 0.3) is 0 Å². The van der Waals surface area contributed by atoms with Gasteiger partial charge in [-0.2, -0.15) is 4.98 Å². The van der Waals surface area contributed by atoms with Gasteiger partial charge in [0.1, 0.15) is 14.4 Å². The molecule has 1 unspecified atom stereocenters. The monoisotopic (exact) mass is 500 g/mol. The quantitative estimate of drug-likeness (QED) is 0.245. The van der Waals surface area contributed by atoms with Crippen LogP contribution in [0.3, 0.4) is 0 Å². The Hall–Kier alpha value is -0.870. The van der Waals surface area contributed by atoms with Gasteiger partial charge in [-0.25, -0.2) is 4.98 Å². The van der Waals surface area contributed by atoms with Crippen LogP contribution in [0.25, 0.3) is 0 Å². The topological polar surface area (TPSA) is 87.1 Å². The lowest BCUT2D eigenvalue weighted by Gasteiger charge is -2.27. The Kier molecular flexibility index (Phi) is 6.88. The largest absolute Gasteiger partial charge is 0.393 e. The third-order valence-corrected chi connectivity index (χ3v) is 4.90. The Bertz CT molecular complexity index is 750. The third kappa shape index (κ3) is 5.06. The maximum Gasteiger partial charge on any atom is 0.240 e. The number of alkyl halides is 1. The summed E-state index contributed by atoms with van der Waals surface area (Å²) >= 11 is 19.5. The van der Waals surface area contributed by atoms with E-state index in [0.717, 1.165) is 0 Å². The second-order valence-corrected chi connectivity index (χ2v) is 7.73. The first-order chi connectivity index (χ1) is 11.3. The predicted octanol–water partition coefficient (Wildman–Crippen LogP) is 3.25. The number of amides is 1. The molecule has 1 amide bonds. The number of carbonyl (C=O) groups excluding carboxylic acids is 1. The normalized spacial score (nSPS) is 13.2. The first-order valence-corrected chi connectivity index (χ1v) is 8.84. The van der Waals surface area contributed by atoms with Crippen molar-refractivity contribution in [2.24, 2.45) is 0 Å². The predicted molar refractivity (Wildman–Crippen MR) is 103 cm³/mol. The van der Waals surface area contributed by atoms with Gasteiger partial charge < -0.3 is 15.7 Å². The van der Waals surface area contributed by atoms with Gasteiger partial charge in [-0.05, 0) is 51.9 Å². The van der Waals surface area contributed by atoms with E-state index in [2.05, 4.69) is 20.6 Å². The van der Waals surface area contributed by atoms with E-state index in [1.165, 1.54) is 6.20 Å². The van der Waals surface area contributed by atoms with Crippen LogP contribution < -0.4 is 10.6 Å². The van der Waals surface area contributed by atoms with Crippen molar-refractivity contribution in [3.63, 3.8) is 0 Å². The van der Waals surface area contributed by atoms with E-state index in [4.69, 9.17) is 34.8 Å². The molecule has 1 aromatic carbocycles. The summed E-state index contributed by atoms with van der Waals surface area (Å²) in [4.78, 5) is 19.8. The summed E-state index contributed by atoms with van der Waals surface area (Å²) in [6, 6.07) is 6.90. The van der Waals surface area contributed by atoms with Crippen LogP contribution in [0.1, 0.15) is 5.56 Å². The van der Waals surface area contributed by atoms with Crippen molar-refractivity contribution in [2.75, 3.05) is 18.5 Å². The van der Waals surface area contributed by atoms with E-state index >= 15 is 0 Å². The number of aliphatic hydroxyl groups excluding tert-OH is 1. The number of anilines is 1. The van der Waals surface area contributed by atoms with Crippen molar-refractivity contribution >= 4 is 69.1 Å². The molecule has 0 aliphatic carbocycles. The first kappa shape index (κ1) is 19.5. The minimum Gasteiger partial charge on any atom is -0.393 e. The lowest BCUT2D eigenvalue weighted by molar-refractivity contribution is -0.120. The SMILES string of the molecule is O=C(CNc1nc(Cl)ncc1Cl)NC(I)(CO)c1cccc(Cl)c1. The number of nitrogens with zero attached hydrogens (tertiary/aromatic N) is 2. The van der Waals surface area contributed by atoms with Gasteiger partial charge in [-0.1, -0.05) is 35.3 Å². The molecule has 0 aliphatic heterocycles. The average Bonchev–Trinajstić information content (AvgIpc) is 2.55. The van der Waals surface area contributed by atoms with E-state index in [1.807, 2.05) is 22.6 Å². The zero-order valence-corrected chi connectivity index (χ0v) is 16.5. The highest BCUT2D eigenvalue weighted by Gasteiger charge is 2.30. The Morgan fingerprint density at radius 3 is 2.75 bits per heavy atom. The number of aromatic nitrogens is 2. The van der Waals surface area contributed by atoms with Gasteiger partial charge in [0.05, 0.1) is 19.3 Å². The minimum absolute atomic E-state index is 0.0137. The summed E-state index contributed by atoms with van der Waals surface area (Å²) in [5.41, 5.74) is 0.676. The van der Waals surface area contributed by atoms with E-state index < -0.39 is 3.55 Å². The van der Waals surface area contributed by atoms with Gasteiger partial charge in [-0.15, -0.1) is 0 Å². The number of nitrogens with one attached hydrogen (secondary N) is 2. The molecule has 1 aromatic heterocycles. The average molecular weight is 502 g/mol. The molecular formula is C14H12Cl3IN4O2. The van der Waals surface area contributed by atoms with E-state index in [9.17, 15) is 9.90 Å². The van der Waals surface area contributed by atoms with Crippen LogP contribution in [0, 0.1) is 0 Å². The molecule has 6 nitrogen and oxygen atoms in total. The van der Waals surface area contributed by atoms with Gasteiger partial charge in [0, 0.05) is 5.02 Å². The van der Waals surface area contributed by atoms with Gasteiger partial charge in [0.15, 0.2) is 0 Å². The highest BCUT2D eigenvalue weighted by Crippen LogP contribution is 2.30. The summed E-state index contributed by atoms with van der Waals surface area (Å²) in [6.45, 7) is -0.419. The smallest absolute Gasteiger partial charge is 0.240 e. The molecule has 3 N–H and O–H groups in total. The summed E-state index contributed by atoms with van der Waals surface area (Å²) in [5.74, 6) is -0.123. The molecule has 2 aromatic rings.